The van der Waals surface area contributed by atoms with Gasteiger partial charge in [0.15, 0.2) is 0 Å². The van der Waals surface area contributed by atoms with Crippen LogP contribution in [-0.2, 0) is 11.3 Å². The van der Waals surface area contributed by atoms with E-state index >= 15 is 0 Å². The summed E-state index contributed by atoms with van der Waals surface area (Å²) < 4.78 is 4.87. The fourth-order valence-electron chi connectivity index (χ4n) is 1.08. The van der Waals surface area contributed by atoms with Crippen molar-refractivity contribution >= 4 is 5.97 Å². The number of rotatable bonds is 5. The lowest BCUT2D eigenvalue weighted by molar-refractivity contribution is 0.0518. The highest BCUT2D eigenvalue weighted by atomic mass is 16.5. The molecular weight excluding hydrogens is 182 g/mol. The standard InChI is InChI=1S/C9H15N3O2/c1-3-10-5-7-6-11-12-8(7)9(13)14-4-2/h6,10H,3-5H2,1-2H3,(H,11,12). The van der Waals surface area contributed by atoms with Crippen molar-refractivity contribution < 1.29 is 9.53 Å². The van der Waals surface area contributed by atoms with Crippen LogP contribution in [0, 0.1) is 0 Å². The number of esters is 1. The second-order valence-electron chi connectivity index (χ2n) is 2.77. The highest BCUT2D eigenvalue weighted by Gasteiger charge is 2.13. The lowest BCUT2D eigenvalue weighted by atomic mass is 10.2. The van der Waals surface area contributed by atoms with E-state index < -0.39 is 0 Å². The summed E-state index contributed by atoms with van der Waals surface area (Å²) in [5, 5.41) is 9.57. The molecular formula is C9H15N3O2. The van der Waals surface area contributed by atoms with Gasteiger partial charge >= 0.3 is 5.97 Å². The van der Waals surface area contributed by atoms with Crippen LogP contribution in [0.4, 0.5) is 0 Å². The largest absolute Gasteiger partial charge is 0.461 e. The Balaban J connectivity index is 2.66. The summed E-state index contributed by atoms with van der Waals surface area (Å²) in [4.78, 5) is 11.4. The minimum atomic E-state index is -0.349. The molecule has 5 heteroatoms. The number of hydrogen-bond acceptors (Lipinski definition) is 4. The Morgan fingerprint density at radius 3 is 3.07 bits per heavy atom. The van der Waals surface area contributed by atoms with Crippen LogP contribution < -0.4 is 5.32 Å². The van der Waals surface area contributed by atoms with Crippen LogP contribution in [0.1, 0.15) is 29.9 Å². The van der Waals surface area contributed by atoms with Crippen LogP contribution in [0.15, 0.2) is 6.20 Å². The molecule has 0 saturated carbocycles. The van der Waals surface area contributed by atoms with Gasteiger partial charge in [0, 0.05) is 12.1 Å². The zero-order valence-corrected chi connectivity index (χ0v) is 8.46. The van der Waals surface area contributed by atoms with Gasteiger partial charge in [0.1, 0.15) is 5.69 Å². The van der Waals surface area contributed by atoms with E-state index in [1.54, 1.807) is 13.1 Å². The van der Waals surface area contributed by atoms with Gasteiger partial charge in [-0.3, -0.25) is 5.10 Å². The highest BCUT2D eigenvalue weighted by Crippen LogP contribution is 2.05. The first kappa shape index (κ1) is 10.7. The van der Waals surface area contributed by atoms with Gasteiger partial charge in [0.2, 0.25) is 0 Å². The van der Waals surface area contributed by atoms with Crippen molar-refractivity contribution in [2.24, 2.45) is 0 Å². The van der Waals surface area contributed by atoms with Crippen molar-refractivity contribution in [2.75, 3.05) is 13.2 Å². The average Bonchev–Trinajstić information content (AvgIpc) is 2.63. The van der Waals surface area contributed by atoms with Crippen LogP contribution in [-0.4, -0.2) is 29.3 Å². The molecule has 1 aromatic heterocycles. The van der Waals surface area contributed by atoms with Crippen LogP contribution in [0.5, 0.6) is 0 Å². The molecule has 78 valence electrons. The van der Waals surface area contributed by atoms with Gasteiger partial charge in [-0.05, 0) is 13.5 Å². The molecule has 0 fully saturated rings. The summed E-state index contributed by atoms with van der Waals surface area (Å²) >= 11 is 0. The topological polar surface area (TPSA) is 67.0 Å². The normalized spacial score (nSPS) is 10.1. The number of nitrogens with one attached hydrogen (secondary N) is 2. The highest BCUT2D eigenvalue weighted by molar-refractivity contribution is 5.88. The first-order valence-corrected chi connectivity index (χ1v) is 4.69. The minimum absolute atomic E-state index is 0.349. The zero-order chi connectivity index (χ0) is 10.4. The maximum atomic E-state index is 11.4. The van der Waals surface area contributed by atoms with Gasteiger partial charge in [0.05, 0.1) is 12.8 Å². The summed E-state index contributed by atoms with van der Waals surface area (Å²) in [7, 11) is 0. The molecule has 1 rings (SSSR count). The van der Waals surface area contributed by atoms with Crippen molar-refractivity contribution in [1.29, 1.82) is 0 Å². The van der Waals surface area contributed by atoms with Crippen molar-refractivity contribution in [1.82, 2.24) is 15.5 Å². The summed E-state index contributed by atoms with van der Waals surface area (Å²) in [5.41, 5.74) is 1.28. The van der Waals surface area contributed by atoms with E-state index in [4.69, 9.17) is 4.74 Å². The molecule has 2 N–H and O–H groups in total. The average molecular weight is 197 g/mol. The van der Waals surface area contributed by atoms with Crippen molar-refractivity contribution in [2.45, 2.75) is 20.4 Å². The Labute approximate surface area is 82.8 Å². The van der Waals surface area contributed by atoms with Crippen molar-refractivity contribution in [3.05, 3.63) is 17.5 Å². The third-order valence-electron chi connectivity index (χ3n) is 1.76. The van der Waals surface area contributed by atoms with Gasteiger partial charge in [0.25, 0.3) is 0 Å². The third-order valence-corrected chi connectivity index (χ3v) is 1.76. The number of nitrogens with zero attached hydrogens (tertiary/aromatic N) is 1. The second kappa shape index (κ2) is 5.39. The quantitative estimate of drug-likeness (QED) is 0.682. The van der Waals surface area contributed by atoms with E-state index in [1.165, 1.54) is 0 Å². The van der Waals surface area contributed by atoms with Gasteiger partial charge in [-0.25, -0.2) is 4.79 Å². The molecule has 0 aliphatic heterocycles. The fraction of sp³-hybridized carbons (Fsp3) is 0.556. The summed E-state index contributed by atoms with van der Waals surface area (Å²) in [5.74, 6) is -0.349. The Morgan fingerprint density at radius 1 is 1.64 bits per heavy atom. The van der Waals surface area contributed by atoms with Crippen molar-refractivity contribution in [3.63, 3.8) is 0 Å². The number of aromatic amines is 1. The molecule has 0 bridgehead atoms. The van der Waals surface area contributed by atoms with Gasteiger partial charge in [-0.2, -0.15) is 5.10 Å². The maximum Gasteiger partial charge on any atom is 0.356 e. The van der Waals surface area contributed by atoms with Crippen molar-refractivity contribution in [3.8, 4) is 0 Å². The predicted molar refractivity (Wildman–Crippen MR) is 51.9 cm³/mol. The molecule has 0 amide bonds. The summed E-state index contributed by atoms with van der Waals surface area (Å²) in [6, 6.07) is 0. The number of hydrogen-bond donors (Lipinski definition) is 2. The van der Waals surface area contributed by atoms with E-state index in [9.17, 15) is 4.79 Å². The fourth-order valence-corrected chi connectivity index (χ4v) is 1.08. The number of aromatic nitrogens is 2. The molecule has 0 saturated heterocycles. The van der Waals surface area contributed by atoms with Crippen LogP contribution in [0.2, 0.25) is 0 Å². The Hall–Kier alpha value is -1.36. The van der Waals surface area contributed by atoms with E-state index in [-0.39, 0.29) is 5.97 Å². The molecule has 0 unspecified atom stereocenters. The molecule has 0 radical (unpaired) electrons. The molecule has 1 heterocycles. The molecule has 0 spiro atoms. The predicted octanol–water partition coefficient (Wildman–Crippen LogP) is 0.696. The maximum absolute atomic E-state index is 11.4. The lowest BCUT2D eigenvalue weighted by Gasteiger charge is -2.02. The number of carbonyl (C=O) groups excluding carboxylic acids is 1. The van der Waals surface area contributed by atoms with E-state index in [0.29, 0.717) is 18.8 Å². The number of ether oxygens (including phenoxy) is 1. The molecule has 14 heavy (non-hydrogen) atoms. The minimum Gasteiger partial charge on any atom is -0.461 e. The Kier molecular flexibility index (Phi) is 4.12. The number of carbonyl (C=O) groups is 1. The Bertz CT molecular complexity index is 296. The van der Waals surface area contributed by atoms with Crippen LogP contribution in [0.3, 0.4) is 0 Å². The summed E-state index contributed by atoms with van der Waals surface area (Å²) in [6.45, 7) is 5.63. The molecule has 1 aromatic rings. The first-order chi connectivity index (χ1) is 6.79. The first-order valence-electron chi connectivity index (χ1n) is 4.69. The molecule has 0 atom stereocenters. The molecule has 0 aromatic carbocycles. The SMILES string of the molecule is CCNCc1cn[nH]c1C(=O)OCC. The second-order valence-corrected chi connectivity index (χ2v) is 2.77. The zero-order valence-electron chi connectivity index (χ0n) is 8.46. The molecule has 0 aliphatic carbocycles. The van der Waals surface area contributed by atoms with Gasteiger partial charge in [-0.15, -0.1) is 0 Å². The van der Waals surface area contributed by atoms with E-state index in [1.807, 2.05) is 6.92 Å². The molecule has 5 nitrogen and oxygen atoms in total. The summed E-state index contributed by atoms with van der Waals surface area (Å²) in [6.07, 6.45) is 1.63. The van der Waals surface area contributed by atoms with E-state index in [2.05, 4.69) is 15.5 Å². The smallest absolute Gasteiger partial charge is 0.356 e. The third kappa shape index (κ3) is 2.56. The Morgan fingerprint density at radius 2 is 2.43 bits per heavy atom. The number of H-pyrrole nitrogens is 1. The lowest BCUT2D eigenvalue weighted by Crippen LogP contribution is -2.15. The van der Waals surface area contributed by atoms with Crippen LogP contribution >= 0.6 is 0 Å². The molecule has 0 aliphatic rings. The van der Waals surface area contributed by atoms with Gasteiger partial charge < -0.3 is 10.1 Å². The monoisotopic (exact) mass is 197 g/mol. The van der Waals surface area contributed by atoms with E-state index in [0.717, 1.165) is 12.1 Å². The van der Waals surface area contributed by atoms with Gasteiger partial charge in [-0.1, -0.05) is 6.92 Å². The van der Waals surface area contributed by atoms with Crippen LogP contribution in [0.25, 0.3) is 0 Å².